The molecule has 0 amide bonds. The van der Waals surface area contributed by atoms with Crippen LogP contribution in [0.1, 0.15) is 24.0 Å². The molecule has 3 N–H and O–H groups in total. The van der Waals surface area contributed by atoms with Gasteiger partial charge in [-0.25, -0.2) is 12.8 Å². The van der Waals surface area contributed by atoms with Gasteiger partial charge in [0.05, 0.1) is 11.4 Å². The average molecular weight is 419 g/mol. The van der Waals surface area contributed by atoms with Crippen molar-refractivity contribution in [2.45, 2.75) is 25.2 Å². The van der Waals surface area contributed by atoms with Crippen molar-refractivity contribution in [3.05, 3.63) is 65.5 Å². The molecule has 0 aliphatic heterocycles. The van der Waals surface area contributed by atoms with Crippen LogP contribution in [0.3, 0.4) is 0 Å². The maximum Gasteiger partial charge on any atom is 0.234 e. The summed E-state index contributed by atoms with van der Waals surface area (Å²) in [6.45, 7) is 2.55. The Morgan fingerprint density at radius 2 is 1.86 bits per heavy atom. The van der Waals surface area contributed by atoms with Crippen LogP contribution in [0.2, 0.25) is 0 Å². The number of halogens is 1. The Morgan fingerprint density at radius 3 is 2.48 bits per heavy atom. The molecule has 0 saturated heterocycles. The molecular weight excluding hydrogens is 391 g/mol. The lowest BCUT2D eigenvalue weighted by atomic mass is 9.96. The molecular formula is C21H27FN4O2S. The quantitative estimate of drug-likeness (QED) is 0.455. The van der Waals surface area contributed by atoms with E-state index in [9.17, 15) is 12.8 Å². The zero-order chi connectivity index (χ0) is 20.9. The van der Waals surface area contributed by atoms with E-state index >= 15 is 0 Å². The lowest BCUT2D eigenvalue weighted by molar-refractivity contribution is 0.599. The van der Waals surface area contributed by atoms with Crippen molar-refractivity contribution in [2.24, 2.45) is 4.99 Å². The second-order valence-electron chi connectivity index (χ2n) is 7.38. The Bertz CT molecular complexity index is 973. The highest BCUT2D eigenvalue weighted by molar-refractivity contribution is 7.92. The first-order valence-corrected chi connectivity index (χ1v) is 11.3. The highest BCUT2D eigenvalue weighted by Crippen LogP contribution is 2.47. The molecule has 1 aliphatic rings. The van der Waals surface area contributed by atoms with Crippen molar-refractivity contribution in [3.8, 4) is 0 Å². The van der Waals surface area contributed by atoms with E-state index in [1.807, 2.05) is 18.2 Å². The van der Waals surface area contributed by atoms with Crippen LogP contribution in [0.25, 0.3) is 0 Å². The second kappa shape index (κ2) is 8.82. The van der Waals surface area contributed by atoms with Crippen molar-refractivity contribution < 1.29 is 12.8 Å². The molecule has 0 unspecified atom stereocenters. The fourth-order valence-corrected chi connectivity index (χ4v) is 4.13. The minimum Gasteiger partial charge on any atom is -0.356 e. The van der Waals surface area contributed by atoms with Gasteiger partial charge in [-0.1, -0.05) is 36.4 Å². The first-order chi connectivity index (χ1) is 13.8. The highest BCUT2D eigenvalue weighted by atomic mass is 32.2. The van der Waals surface area contributed by atoms with Crippen molar-refractivity contribution >= 4 is 21.7 Å². The van der Waals surface area contributed by atoms with Gasteiger partial charge in [0.2, 0.25) is 10.0 Å². The van der Waals surface area contributed by atoms with Gasteiger partial charge in [-0.2, -0.15) is 0 Å². The van der Waals surface area contributed by atoms with Crippen LogP contribution in [0, 0.1) is 12.7 Å². The predicted molar refractivity (Wildman–Crippen MR) is 115 cm³/mol. The molecule has 2 aromatic carbocycles. The molecule has 0 atom stereocenters. The van der Waals surface area contributed by atoms with E-state index in [1.54, 1.807) is 20.0 Å². The number of benzene rings is 2. The van der Waals surface area contributed by atoms with Crippen molar-refractivity contribution in [3.63, 3.8) is 0 Å². The van der Waals surface area contributed by atoms with Crippen LogP contribution in [-0.2, 0) is 15.4 Å². The maximum atomic E-state index is 13.6. The summed E-state index contributed by atoms with van der Waals surface area (Å²) in [5.74, 6) is -0.0448. The lowest BCUT2D eigenvalue weighted by Crippen LogP contribution is -2.43. The molecule has 3 rings (SSSR count). The third-order valence-corrected chi connectivity index (χ3v) is 6.45. The minimum atomic E-state index is -3.60. The molecule has 0 aromatic heterocycles. The second-order valence-corrected chi connectivity index (χ2v) is 9.23. The molecule has 0 radical (unpaired) electrons. The third kappa shape index (κ3) is 5.69. The van der Waals surface area contributed by atoms with Gasteiger partial charge in [0.1, 0.15) is 5.82 Å². The van der Waals surface area contributed by atoms with Crippen LogP contribution in [0.15, 0.2) is 53.5 Å². The van der Waals surface area contributed by atoms with Crippen LogP contribution >= 0.6 is 0 Å². The molecule has 1 saturated carbocycles. The minimum absolute atomic E-state index is 0.127. The van der Waals surface area contributed by atoms with Crippen LogP contribution in [0.4, 0.5) is 10.1 Å². The Morgan fingerprint density at radius 1 is 1.14 bits per heavy atom. The molecule has 1 fully saturated rings. The third-order valence-electron chi connectivity index (χ3n) is 5.17. The number of sulfonamides is 1. The first-order valence-electron chi connectivity index (χ1n) is 9.60. The van der Waals surface area contributed by atoms with Gasteiger partial charge >= 0.3 is 0 Å². The summed E-state index contributed by atoms with van der Waals surface area (Å²) < 4.78 is 40.5. The molecule has 29 heavy (non-hydrogen) atoms. The number of guanidine groups is 1. The van der Waals surface area contributed by atoms with Gasteiger partial charge in [-0.15, -0.1) is 0 Å². The normalized spacial score (nSPS) is 15.6. The van der Waals surface area contributed by atoms with Crippen molar-refractivity contribution in [1.82, 2.24) is 10.6 Å². The van der Waals surface area contributed by atoms with E-state index in [1.165, 1.54) is 17.7 Å². The summed E-state index contributed by atoms with van der Waals surface area (Å²) in [6.07, 6.45) is 2.23. The van der Waals surface area contributed by atoms with Gasteiger partial charge < -0.3 is 10.6 Å². The molecule has 2 aromatic rings. The van der Waals surface area contributed by atoms with E-state index in [0.717, 1.165) is 19.4 Å². The van der Waals surface area contributed by atoms with Crippen molar-refractivity contribution in [2.75, 3.05) is 30.6 Å². The molecule has 0 spiro atoms. The predicted octanol–water partition coefficient (Wildman–Crippen LogP) is 2.77. The number of aliphatic imine (C=N–C) groups is 1. The van der Waals surface area contributed by atoms with Gasteiger partial charge in [0.25, 0.3) is 0 Å². The van der Waals surface area contributed by atoms with Gasteiger partial charge in [0.15, 0.2) is 5.96 Å². The van der Waals surface area contributed by atoms with Crippen LogP contribution < -0.4 is 15.4 Å². The van der Waals surface area contributed by atoms with E-state index in [-0.39, 0.29) is 23.4 Å². The topological polar surface area (TPSA) is 82.6 Å². The number of aryl methyl sites for hydroxylation is 1. The number of hydrogen-bond donors (Lipinski definition) is 3. The monoisotopic (exact) mass is 418 g/mol. The summed E-state index contributed by atoms with van der Waals surface area (Å²) in [6, 6.07) is 14.6. The summed E-state index contributed by atoms with van der Waals surface area (Å²) >= 11 is 0. The van der Waals surface area contributed by atoms with E-state index in [4.69, 9.17) is 0 Å². The molecule has 0 bridgehead atoms. The zero-order valence-corrected chi connectivity index (χ0v) is 17.5. The number of nitrogens with zero attached hydrogens (tertiary/aromatic N) is 1. The number of rotatable bonds is 8. The summed E-state index contributed by atoms with van der Waals surface area (Å²) in [5, 5.41) is 6.32. The Kier molecular flexibility index (Phi) is 6.42. The number of anilines is 1. The fraction of sp³-hybridized carbons (Fsp3) is 0.381. The molecule has 6 nitrogen and oxygen atoms in total. The SMILES string of the molecule is CN=C(NCCS(=O)(=O)Nc1ccc(C)c(F)c1)NCC1(c2ccccc2)CC1. The van der Waals surface area contributed by atoms with Gasteiger partial charge in [0, 0.05) is 25.6 Å². The maximum absolute atomic E-state index is 13.6. The van der Waals surface area contributed by atoms with E-state index < -0.39 is 15.8 Å². The molecule has 0 heterocycles. The fourth-order valence-electron chi connectivity index (χ4n) is 3.17. The molecule has 8 heteroatoms. The zero-order valence-electron chi connectivity index (χ0n) is 16.7. The Labute approximate surface area is 171 Å². The van der Waals surface area contributed by atoms with Gasteiger partial charge in [-0.05, 0) is 43.0 Å². The summed E-state index contributed by atoms with van der Waals surface area (Å²) in [5.41, 5.74) is 2.12. The van der Waals surface area contributed by atoms with Crippen molar-refractivity contribution in [1.29, 1.82) is 0 Å². The van der Waals surface area contributed by atoms with Gasteiger partial charge in [-0.3, -0.25) is 9.71 Å². The summed E-state index contributed by atoms with van der Waals surface area (Å²) in [4.78, 5) is 4.17. The van der Waals surface area contributed by atoms with E-state index in [2.05, 4.69) is 32.5 Å². The average Bonchev–Trinajstić information content (AvgIpc) is 3.49. The largest absolute Gasteiger partial charge is 0.356 e. The molecule has 1 aliphatic carbocycles. The van der Waals surface area contributed by atoms with Crippen LogP contribution in [-0.4, -0.2) is 40.3 Å². The standard InChI is InChI=1S/C21H27FN4O2S/c1-16-8-9-18(14-19(16)22)26-29(27,28)13-12-24-20(23-2)25-15-21(10-11-21)17-6-4-3-5-7-17/h3-9,14,26H,10-13,15H2,1-2H3,(H2,23,24,25). The summed E-state index contributed by atoms with van der Waals surface area (Å²) in [7, 11) is -1.95. The lowest BCUT2D eigenvalue weighted by Gasteiger charge is -2.19. The molecule has 156 valence electrons. The Balaban J connectivity index is 1.47. The number of nitrogens with one attached hydrogen (secondary N) is 3. The Hall–Kier alpha value is -2.61. The number of hydrogen-bond acceptors (Lipinski definition) is 3. The highest BCUT2D eigenvalue weighted by Gasteiger charge is 2.43. The van der Waals surface area contributed by atoms with Crippen LogP contribution in [0.5, 0.6) is 0 Å². The first kappa shape index (κ1) is 21.1. The smallest absolute Gasteiger partial charge is 0.234 e. The van der Waals surface area contributed by atoms with E-state index in [0.29, 0.717) is 11.5 Å².